The zero-order valence-electron chi connectivity index (χ0n) is 12.6. The first-order valence-corrected chi connectivity index (χ1v) is 9.71. The smallest absolute Gasteiger partial charge is 0.306 e. The number of nitro groups is 1. The van der Waals surface area contributed by atoms with Crippen molar-refractivity contribution in [3.05, 3.63) is 38.9 Å². The Morgan fingerprint density at radius 2 is 2.25 bits per heavy atom. The van der Waals surface area contributed by atoms with Gasteiger partial charge in [0.1, 0.15) is 5.82 Å². The number of aryl methyl sites for hydroxylation is 1. The van der Waals surface area contributed by atoms with Gasteiger partial charge in [0, 0.05) is 12.1 Å². The predicted octanol–water partition coefficient (Wildman–Crippen LogP) is 1.77. The van der Waals surface area contributed by atoms with Crippen molar-refractivity contribution >= 4 is 37.9 Å². The summed E-state index contributed by atoms with van der Waals surface area (Å²) in [5.74, 6) is -0.0199. The molecule has 1 fully saturated rings. The molecule has 1 aliphatic rings. The molecular weight excluding hydrogens is 356 g/mol. The van der Waals surface area contributed by atoms with Crippen molar-refractivity contribution in [1.29, 1.82) is 0 Å². The van der Waals surface area contributed by atoms with Crippen LogP contribution in [0.4, 0.5) is 10.8 Å². The van der Waals surface area contributed by atoms with E-state index in [9.17, 15) is 23.3 Å². The van der Waals surface area contributed by atoms with Crippen LogP contribution in [0.15, 0.2) is 18.2 Å². The number of nitrogens with zero attached hydrogens (tertiary/aromatic N) is 3. The number of sulfone groups is 1. The molecule has 0 aromatic carbocycles. The topological polar surface area (TPSA) is 124 Å². The van der Waals surface area contributed by atoms with Gasteiger partial charge in [-0.15, -0.1) is 0 Å². The van der Waals surface area contributed by atoms with Gasteiger partial charge in [-0.2, -0.15) is 5.10 Å². The largest absolute Gasteiger partial charge is 0.324 e. The Labute approximate surface area is 141 Å². The van der Waals surface area contributed by atoms with Crippen molar-refractivity contribution in [3.63, 3.8) is 0 Å². The van der Waals surface area contributed by atoms with Crippen molar-refractivity contribution in [1.82, 2.24) is 9.78 Å². The van der Waals surface area contributed by atoms with Crippen LogP contribution in [0.3, 0.4) is 0 Å². The minimum absolute atomic E-state index is 0.0124. The molecule has 2 aromatic heterocycles. The lowest BCUT2D eigenvalue weighted by atomic mass is 10.3. The van der Waals surface area contributed by atoms with E-state index in [-0.39, 0.29) is 27.4 Å². The average molecular weight is 370 g/mol. The number of carbonyl (C=O) groups excluding carboxylic acids is 1. The van der Waals surface area contributed by atoms with Gasteiger partial charge in [-0.3, -0.25) is 14.9 Å². The summed E-state index contributed by atoms with van der Waals surface area (Å²) in [6.07, 6.45) is 0.441. The first-order valence-electron chi connectivity index (χ1n) is 7.07. The molecule has 1 aliphatic heterocycles. The number of amides is 1. The van der Waals surface area contributed by atoms with Gasteiger partial charge in [-0.1, -0.05) is 11.3 Å². The average Bonchev–Trinajstić information content (AvgIpc) is 3.17. The number of carbonyl (C=O) groups is 1. The molecule has 3 rings (SSSR count). The minimum Gasteiger partial charge on any atom is -0.306 e. The summed E-state index contributed by atoms with van der Waals surface area (Å²) < 4.78 is 24.8. The van der Waals surface area contributed by atoms with E-state index in [0.29, 0.717) is 17.9 Å². The van der Waals surface area contributed by atoms with Crippen LogP contribution in [0.5, 0.6) is 0 Å². The molecule has 1 atom stereocenters. The zero-order chi connectivity index (χ0) is 17.5. The van der Waals surface area contributed by atoms with Crippen LogP contribution in [0.2, 0.25) is 0 Å². The van der Waals surface area contributed by atoms with Gasteiger partial charge in [0.05, 0.1) is 33.0 Å². The fourth-order valence-corrected chi connectivity index (χ4v) is 4.99. The highest BCUT2D eigenvalue weighted by atomic mass is 32.2. The lowest BCUT2D eigenvalue weighted by Gasteiger charge is -2.13. The first kappa shape index (κ1) is 16.6. The molecule has 3 heterocycles. The summed E-state index contributed by atoms with van der Waals surface area (Å²) in [7, 11) is -3.08. The Morgan fingerprint density at radius 1 is 1.50 bits per heavy atom. The first-order chi connectivity index (χ1) is 11.2. The van der Waals surface area contributed by atoms with Crippen LogP contribution in [0.1, 0.15) is 27.8 Å². The van der Waals surface area contributed by atoms with E-state index >= 15 is 0 Å². The Kier molecular flexibility index (Phi) is 4.13. The highest BCUT2D eigenvalue weighted by Gasteiger charge is 2.31. The van der Waals surface area contributed by atoms with E-state index in [1.165, 1.54) is 16.8 Å². The summed E-state index contributed by atoms with van der Waals surface area (Å²) in [6, 6.07) is 3.97. The monoisotopic (exact) mass is 370 g/mol. The summed E-state index contributed by atoms with van der Waals surface area (Å²) in [5, 5.41) is 17.5. The molecule has 24 heavy (non-hydrogen) atoms. The standard InChI is InChI=1S/C13H14N4O5S2/c1-8-6-11(16(15-8)9-4-5-24(21,22)7-9)14-13(18)10-2-3-12(23-10)17(19)20/h2-3,6,9H,4-5,7H2,1H3,(H,14,18). The summed E-state index contributed by atoms with van der Waals surface area (Å²) in [6.45, 7) is 1.74. The molecule has 11 heteroatoms. The van der Waals surface area contributed by atoms with Gasteiger partial charge in [-0.25, -0.2) is 13.1 Å². The van der Waals surface area contributed by atoms with Gasteiger partial charge >= 0.3 is 5.00 Å². The molecule has 1 unspecified atom stereocenters. The van der Waals surface area contributed by atoms with Gasteiger partial charge in [0.2, 0.25) is 0 Å². The highest BCUT2D eigenvalue weighted by Crippen LogP contribution is 2.28. The summed E-state index contributed by atoms with van der Waals surface area (Å²) >= 11 is 0.776. The lowest BCUT2D eigenvalue weighted by Crippen LogP contribution is -2.19. The van der Waals surface area contributed by atoms with E-state index < -0.39 is 20.7 Å². The van der Waals surface area contributed by atoms with Crippen LogP contribution in [0.25, 0.3) is 0 Å². The van der Waals surface area contributed by atoms with E-state index in [1.807, 2.05) is 0 Å². The Bertz CT molecular complexity index is 915. The van der Waals surface area contributed by atoms with Crippen LogP contribution in [-0.2, 0) is 9.84 Å². The van der Waals surface area contributed by atoms with Crippen molar-refractivity contribution in [3.8, 4) is 0 Å². The molecule has 2 aromatic rings. The maximum atomic E-state index is 12.3. The molecule has 0 spiro atoms. The molecule has 9 nitrogen and oxygen atoms in total. The van der Waals surface area contributed by atoms with Crippen LogP contribution >= 0.6 is 11.3 Å². The molecular formula is C13H14N4O5S2. The maximum Gasteiger partial charge on any atom is 0.324 e. The zero-order valence-corrected chi connectivity index (χ0v) is 14.3. The molecule has 1 saturated heterocycles. The molecule has 1 N–H and O–H groups in total. The van der Waals surface area contributed by atoms with Crippen molar-refractivity contribution in [2.45, 2.75) is 19.4 Å². The molecule has 0 saturated carbocycles. The quantitative estimate of drug-likeness (QED) is 0.646. The molecule has 1 amide bonds. The third-order valence-corrected chi connectivity index (χ3v) is 6.44. The van der Waals surface area contributed by atoms with E-state index in [2.05, 4.69) is 10.4 Å². The molecule has 0 bridgehead atoms. The van der Waals surface area contributed by atoms with E-state index in [4.69, 9.17) is 0 Å². The normalized spacial score (nSPS) is 19.3. The Morgan fingerprint density at radius 3 is 2.83 bits per heavy atom. The maximum absolute atomic E-state index is 12.3. The number of hydrogen-bond acceptors (Lipinski definition) is 7. The number of hydrogen-bond donors (Lipinski definition) is 1. The number of nitrogens with one attached hydrogen (secondary N) is 1. The van der Waals surface area contributed by atoms with E-state index in [1.54, 1.807) is 13.0 Å². The lowest BCUT2D eigenvalue weighted by molar-refractivity contribution is -0.380. The van der Waals surface area contributed by atoms with Crippen LogP contribution < -0.4 is 5.32 Å². The third-order valence-electron chi connectivity index (χ3n) is 3.65. The summed E-state index contributed by atoms with van der Waals surface area (Å²) in [5.41, 5.74) is 0.645. The third kappa shape index (κ3) is 3.31. The number of rotatable bonds is 4. The Hall–Kier alpha value is -2.27. The Balaban J connectivity index is 1.82. The van der Waals surface area contributed by atoms with Crippen LogP contribution in [-0.4, -0.2) is 40.5 Å². The highest BCUT2D eigenvalue weighted by molar-refractivity contribution is 7.91. The second-order valence-corrected chi connectivity index (χ2v) is 8.81. The van der Waals surface area contributed by atoms with Gasteiger partial charge in [-0.05, 0) is 19.4 Å². The van der Waals surface area contributed by atoms with E-state index in [0.717, 1.165) is 11.3 Å². The number of aromatic nitrogens is 2. The fraction of sp³-hybridized carbons (Fsp3) is 0.385. The second-order valence-electron chi connectivity index (χ2n) is 5.52. The van der Waals surface area contributed by atoms with Gasteiger partial charge in [0.15, 0.2) is 9.84 Å². The number of anilines is 1. The van der Waals surface area contributed by atoms with Crippen molar-refractivity contribution < 1.29 is 18.1 Å². The number of thiophene rings is 1. The molecule has 128 valence electrons. The SMILES string of the molecule is Cc1cc(NC(=O)c2ccc([N+](=O)[O-])s2)n(C2CCS(=O)(=O)C2)n1. The fourth-order valence-electron chi connectivity index (χ4n) is 2.58. The summed E-state index contributed by atoms with van der Waals surface area (Å²) in [4.78, 5) is 22.6. The van der Waals surface area contributed by atoms with Gasteiger partial charge in [0.25, 0.3) is 5.91 Å². The second kappa shape index (κ2) is 5.98. The van der Waals surface area contributed by atoms with Gasteiger partial charge < -0.3 is 5.32 Å². The molecule has 0 radical (unpaired) electrons. The molecule has 0 aliphatic carbocycles. The van der Waals surface area contributed by atoms with Crippen LogP contribution in [0, 0.1) is 17.0 Å². The van der Waals surface area contributed by atoms with Crippen molar-refractivity contribution in [2.75, 3.05) is 16.8 Å². The predicted molar refractivity (Wildman–Crippen MR) is 88.2 cm³/mol. The van der Waals surface area contributed by atoms with Crippen molar-refractivity contribution in [2.24, 2.45) is 0 Å². The minimum atomic E-state index is -3.08.